The second kappa shape index (κ2) is 4.35. The number of carbonyl (C=O) groups excluding carboxylic acids is 1. The number of hydrogen-bond donors (Lipinski definition) is 4. The summed E-state index contributed by atoms with van der Waals surface area (Å²) in [6, 6.07) is 0. The van der Waals surface area contributed by atoms with Crippen molar-refractivity contribution in [1.82, 2.24) is 0 Å². The van der Waals surface area contributed by atoms with Crippen LogP contribution in [-0.2, 0) is 4.79 Å². The summed E-state index contributed by atoms with van der Waals surface area (Å²) in [6.07, 6.45) is -3.14. The van der Waals surface area contributed by atoms with Gasteiger partial charge in [-0.3, -0.25) is 4.79 Å². The van der Waals surface area contributed by atoms with Crippen LogP contribution in [0, 0.1) is 0 Å². The van der Waals surface area contributed by atoms with E-state index in [1.54, 1.807) is 0 Å². The lowest BCUT2D eigenvalue weighted by molar-refractivity contribution is -0.139. The molecular formula is C5H10O5. The van der Waals surface area contributed by atoms with E-state index in [1.165, 1.54) is 0 Å². The van der Waals surface area contributed by atoms with Crippen LogP contribution in [0.5, 0.6) is 0 Å². The van der Waals surface area contributed by atoms with E-state index in [9.17, 15) is 4.79 Å². The zero-order valence-corrected chi connectivity index (χ0v) is 5.23. The van der Waals surface area contributed by atoms with Crippen LogP contribution in [0.15, 0.2) is 0 Å². The average molecular weight is 151 g/mol. The van der Waals surface area contributed by atoms with Gasteiger partial charge in [-0.1, -0.05) is 0 Å². The minimum atomic E-state index is -1.60. The zero-order valence-electron chi connectivity index (χ0n) is 6.23. The first-order valence-corrected chi connectivity index (χ1v) is 2.72. The van der Waals surface area contributed by atoms with Crippen molar-refractivity contribution in [3.05, 3.63) is 0 Å². The Morgan fingerprint density at radius 3 is 2.30 bits per heavy atom. The first-order chi connectivity index (χ1) is 5.13. The fraction of sp³-hybridized carbons (Fsp3) is 0.800. The quantitative estimate of drug-likeness (QED) is 0.342. The predicted octanol–water partition coefficient (Wildman–Crippen LogP) is -2.74. The van der Waals surface area contributed by atoms with Crippen LogP contribution >= 0.6 is 0 Å². The van der Waals surface area contributed by atoms with Gasteiger partial charge in [-0.2, -0.15) is 0 Å². The normalized spacial score (nSPS) is 17.7. The smallest absolute Gasteiger partial charge is 0.210 e. The summed E-state index contributed by atoms with van der Waals surface area (Å²) < 4.78 is 6.17. The highest BCUT2D eigenvalue weighted by Crippen LogP contribution is 1.90. The number of rotatable bonds is 5. The molecule has 0 saturated carbocycles. The summed E-state index contributed by atoms with van der Waals surface area (Å²) in [5.74, 6) is -0.945. The summed E-state index contributed by atoms with van der Waals surface area (Å²) in [4.78, 5) is 10.6. The molecule has 0 fully saturated rings. The van der Waals surface area contributed by atoms with Crippen LogP contribution in [0.2, 0.25) is 0 Å². The molecule has 5 nitrogen and oxygen atoms in total. The van der Waals surface area contributed by atoms with Crippen LogP contribution in [0.4, 0.5) is 0 Å². The number of aliphatic hydroxyl groups is 4. The highest BCUT2D eigenvalue weighted by molar-refractivity contribution is 5.87. The third-order valence-corrected chi connectivity index (χ3v) is 0.988. The topological polar surface area (TPSA) is 98.0 Å². The standard InChI is InChI=1S/C5H10O5/c6-1-3(8)5(10)4(9)2-7/h3-4,6-9H,1-2H2/t3-,4+/i6D/m0/s1. The minimum Gasteiger partial charge on any atom is -0.393 e. The van der Waals surface area contributed by atoms with Crippen LogP contribution in [0.25, 0.3) is 0 Å². The molecule has 0 heterocycles. The van der Waals surface area contributed by atoms with Gasteiger partial charge in [0.05, 0.1) is 13.2 Å². The second-order valence-electron chi connectivity index (χ2n) is 1.78. The molecule has 60 valence electrons. The van der Waals surface area contributed by atoms with E-state index < -0.39 is 31.2 Å². The van der Waals surface area contributed by atoms with Gasteiger partial charge in [0, 0.05) is 0 Å². The van der Waals surface area contributed by atoms with Gasteiger partial charge in [-0.15, -0.1) is 0 Å². The van der Waals surface area contributed by atoms with Crippen molar-refractivity contribution in [1.29, 1.82) is 1.43 Å². The average Bonchev–Trinajstić information content (AvgIpc) is 2.02. The lowest BCUT2D eigenvalue weighted by atomic mass is 10.1. The molecule has 0 rings (SSSR count). The Labute approximate surface area is 59.0 Å². The molecule has 0 aliphatic rings. The fourth-order valence-corrected chi connectivity index (χ4v) is 0.394. The van der Waals surface area contributed by atoms with Crippen molar-refractivity contribution in [2.75, 3.05) is 13.2 Å². The van der Waals surface area contributed by atoms with Crippen molar-refractivity contribution in [3.63, 3.8) is 0 Å². The van der Waals surface area contributed by atoms with E-state index in [-0.39, 0.29) is 0 Å². The summed E-state index contributed by atoms with van der Waals surface area (Å²) >= 11 is 0. The molecule has 5 heteroatoms. The van der Waals surface area contributed by atoms with Crippen LogP contribution in [-0.4, -0.2) is 53.1 Å². The van der Waals surface area contributed by atoms with Gasteiger partial charge < -0.3 is 20.4 Å². The van der Waals surface area contributed by atoms with E-state index in [2.05, 4.69) is 5.11 Å². The van der Waals surface area contributed by atoms with Crippen LogP contribution < -0.4 is 0 Å². The van der Waals surface area contributed by atoms with Crippen molar-refractivity contribution in [2.45, 2.75) is 12.2 Å². The molecule has 0 aromatic carbocycles. The van der Waals surface area contributed by atoms with Gasteiger partial charge in [0.15, 0.2) is 5.78 Å². The number of hydrogen-bond acceptors (Lipinski definition) is 5. The van der Waals surface area contributed by atoms with Crippen LogP contribution in [0.1, 0.15) is 0 Å². The molecule has 0 radical (unpaired) electrons. The molecule has 0 spiro atoms. The summed E-state index contributed by atoms with van der Waals surface area (Å²) in [5, 5.41) is 29.4. The molecule has 0 saturated heterocycles. The summed E-state index contributed by atoms with van der Waals surface area (Å²) in [5.41, 5.74) is 0. The largest absolute Gasteiger partial charge is 0.393 e. The maximum Gasteiger partial charge on any atom is 0.210 e. The predicted molar refractivity (Wildman–Crippen MR) is 31.2 cm³/mol. The number of carbonyl (C=O) groups is 1. The van der Waals surface area contributed by atoms with Gasteiger partial charge in [-0.05, 0) is 0 Å². The van der Waals surface area contributed by atoms with E-state index >= 15 is 0 Å². The number of aliphatic hydroxyl groups excluding tert-OH is 4. The molecular weight excluding hydrogens is 140 g/mol. The third kappa shape index (κ3) is 2.40. The Morgan fingerprint density at radius 1 is 1.40 bits per heavy atom. The maximum atomic E-state index is 10.6. The number of ketones is 1. The van der Waals surface area contributed by atoms with Crippen molar-refractivity contribution < 1.29 is 25.2 Å². The molecule has 4 N–H and O–H groups in total. The van der Waals surface area contributed by atoms with E-state index in [1.807, 2.05) is 0 Å². The van der Waals surface area contributed by atoms with Crippen molar-refractivity contribution >= 4 is 5.78 Å². The molecule has 10 heavy (non-hydrogen) atoms. The highest BCUT2D eigenvalue weighted by Gasteiger charge is 2.21. The fourth-order valence-electron chi connectivity index (χ4n) is 0.394. The van der Waals surface area contributed by atoms with Gasteiger partial charge in [0.1, 0.15) is 12.2 Å². The zero-order chi connectivity index (χ0) is 8.85. The molecule has 0 aromatic rings. The van der Waals surface area contributed by atoms with E-state index in [0.29, 0.717) is 0 Å². The lowest BCUT2D eigenvalue weighted by Gasteiger charge is -2.08. The Morgan fingerprint density at radius 2 is 1.90 bits per heavy atom. The monoisotopic (exact) mass is 151 g/mol. The van der Waals surface area contributed by atoms with E-state index in [0.717, 1.165) is 0 Å². The summed E-state index contributed by atoms with van der Waals surface area (Å²) in [7, 11) is 0. The Hall–Kier alpha value is -0.490. The SMILES string of the molecule is [2H]OC[C@H](O)C(=O)[C@H](O)CO. The summed E-state index contributed by atoms with van der Waals surface area (Å²) in [6.45, 7) is -1.25. The Kier molecular flexibility index (Phi) is 3.31. The minimum absolute atomic E-state index is 0.504. The molecule has 0 amide bonds. The molecule has 0 bridgehead atoms. The Bertz CT molecular complexity index is 128. The maximum absolute atomic E-state index is 10.6. The van der Waals surface area contributed by atoms with Crippen molar-refractivity contribution in [2.24, 2.45) is 0 Å². The lowest BCUT2D eigenvalue weighted by Crippen LogP contribution is -2.36. The second-order valence-corrected chi connectivity index (χ2v) is 1.78. The molecule has 0 aliphatic heterocycles. The molecule has 0 aliphatic carbocycles. The van der Waals surface area contributed by atoms with Gasteiger partial charge in [-0.25, -0.2) is 0 Å². The molecule has 0 aromatic heterocycles. The van der Waals surface area contributed by atoms with Gasteiger partial charge in [0.2, 0.25) is 1.43 Å². The first-order valence-electron chi connectivity index (χ1n) is 3.13. The van der Waals surface area contributed by atoms with Gasteiger partial charge >= 0.3 is 0 Å². The van der Waals surface area contributed by atoms with Crippen molar-refractivity contribution in [3.8, 4) is 0 Å². The third-order valence-electron chi connectivity index (χ3n) is 0.988. The van der Waals surface area contributed by atoms with E-state index in [4.69, 9.17) is 16.8 Å². The molecule has 0 unspecified atom stereocenters. The van der Waals surface area contributed by atoms with Crippen LogP contribution in [0.3, 0.4) is 0 Å². The highest BCUT2D eigenvalue weighted by atomic mass is 16.3. The Balaban J connectivity index is 3.81. The van der Waals surface area contributed by atoms with Gasteiger partial charge in [0.25, 0.3) is 0 Å². The number of Topliss-reactive ketones (excluding diaryl/α,β-unsaturated/α-hetero) is 1. The first kappa shape index (κ1) is 7.62. The molecule has 2 atom stereocenters.